The fourth-order valence-corrected chi connectivity index (χ4v) is 3.83. The summed E-state index contributed by atoms with van der Waals surface area (Å²) in [7, 11) is 1.53. The molecule has 32 heavy (non-hydrogen) atoms. The Morgan fingerprint density at radius 3 is 3.06 bits per heavy atom. The topological polar surface area (TPSA) is 120 Å². The second kappa shape index (κ2) is 8.39. The van der Waals surface area contributed by atoms with E-state index in [2.05, 4.69) is 30.4 Å². The molecule has 4 aromatic rings. The fourth-order valence-electron chi connectivity index (χ4n) is 3.83. The fraction of sp³-hybridized carbons (Fsp3) is 0.318. The minimum atomic E-state index is -0.240. The number of carbonyl (C=O) groups is 1. The first-order valence-electron chi connectivity index (χ1n) is 10.4. The van der Waals surface area contributed by atoms with Gasteiger partial charge < -0.3 is 19.8 Å². The van der Waals surface area contributed by atoms with Crippen molar-refractivity contribution in [3.63, 3.8) is 0 Å². The summed E-state index contributed by atoms with van der Waals surface area (Å²) < 4.78 is 12.4. The number of H-pyrrole nitrogens is 1. The molecule has 0 bridgehead atoms. The van der Waals surface area contributed by atoms with Gasteiger partial charge in [0.1, 0.15) is 5.82 Å². The first-order chi connectivity index (χ1) is 15.6. The molecule has 1 amide bonds. The first-order valence-corrected chi connectivity index (χ1v) is 10.4. The summed E-state index contributed by atoms with van der Waals surface area (Å²) >= 11 is 0. The van der Waals surface area contributed by atoms with Gasteiger partial charge in [0.15, 0.2) is 0 Å². The molecule has 0 spiro atoms. The number of nitrogens with one attached hydrogen (secondary N) is 2. The zero-order valence-electron chi connectivity index (χ0n) is 17.8. The van der Waals surface area contributed by atoms with Crippen LogP contribution in [0.5, 0.6) is 6.01 Å². The van der Waals surface area contributed by atoms with Gasteiger partial charge in [0.2, 0.25) is 0 Å². The van der Waals surface area contributed by atoms with Gasteiger partial charge >= 0.3 is 6.01 Å². The minimum Gasteiger partial charge on any atom is -0.467 e. The molecular formula is C22H23N7O3. The van der Waals surface area contributed by atoms with Gasteiger partial charge in [-0.15, -0.1) is 0 Å². The van der Waals surface area contributed by atoms with E-state index in [-0.39, 0.29) is 5.91 Å². The Morgan fingerprint density at radius 2 is 2.25 bits per heavy atom. The Balaban J connectivity index is 1.34. The molecule has 4 aromatic heterocycles. The Kier molecular flexibility index (Phi) is 5.28. The van der Waals surface area contributed by atoms with Crippen molar-refractivity contribution < 1.29 is 14.3 Å². The first kappa shape index (κ1) is 20.1. The number of hydrogen-bond acceptors (Lipinski definition) is 7. The van der Waals surface area contributed by atoms with Crippen molar-refractivity contribution in [3.05, 3.63) is 48.0 Å². The summed E-state index contributed by atoms with van der Waals surface area (Å²) in [5.74, 6) is 0.647. The molecule has 10 nitrogen and oxygen atoms in total. The molecule has 0 saturated carbocycles. The van der Waals surface area contributed by atoms with E-state index in [1.165, 1.54) is 7.11 Å². The van der Waals surface area contributed by atoms with Gasteiger partial charge in [-0.1, -0.05) is 0 Å². The van der Waals surface area contributed by atoms with Crippen molar-refractivity contribution >= 4 is 22.6 Å². The Hall–Kier alpha value is -3.79. The normalized spacial score (nSPS) is 15.9. The quantitative estimate of drug-likeness (QED) is 0.480. The van der Waals surface area contributed by atoms with Crippen LogP contribution in [-0.4, -0.2) is 55.9 Å². The predicted octanol–water partition coefficient (Wildman–Crippen LogP) is 2.82. The van der Waals surface area contributed by atoms with E-state index in [4.69, 9.17) is 9.47 Å². The molecular weight excluding hydrogens is 410 g/mol. The van der Waals surface area contributed by atoms with Gasteiger partial charge in [-0.05, 0) is 25.5 Å². The number of pyridine rings is 1. The van der Waals surface area contributed by atoms with E-state index >= 15 is 0 Å². The van der Waals surface area contributed by atoms with Gasteiger partial charge in [0, 0.05) is 48.6 Å². The van der Waals surface area contributed by atoms with E-state index in [9.17, 15) is 4.79 Å². The number of aromatic nitrogens is 6. The van der Waals surface area contributed by atoms with Crippen molar-refractivity contribution in [2.24, 2.45) is 5.92 Å². The van der Waals surface area contributed by atoms with Crippen LogP contribution >= 0.6 is 0 Å². The third-order valence-electron chi connectivity index (χ3n) is 5.64. The summed E-state index contributed by atoms with van der Waals surface area (Å²) in [5, 5.41) is 8.17. The highest BCUT2D eigenvalue weighted by Crippen LogP contribution is 2.25. The zero-order chi connectivity index (χ0) is 22.1. The molecule has 5 heterocycles. The third kappa shape index (κ3) is 3.92. The Bertz CT molecular complexity index is 1270. The molecule has 164 valence electrons. The number of carbonyl (C=O) groups excluding carboxylic acids is 1. The van der Waals surface area contributed by atoms with Gasteiger partial charge in [-0.25, -0.2) is 9.97 Å². The van der Waals surface area contributed by atoms with Gasteiger partial charge in [-0.2, -0.15) is 10.1 Å². The highest BCUT2D eigenvalue weighted by Gasteiger charge is 2.20. The summed E-state index contributed by atoms with van der Waals surface area (Å²) in [6.07, 6.45) is 5.97. The maximum absolute atomic E-state index is 12.8. The number of hydrogen-bond donors (Lipinski definition) is 2. The van der Waals surface area contributed by atoms with Crippen molar-refractivity contribution in [2.75, 3.05) is 25.6 Å². The second-order valence-corrected chi connectivity index (χ2v) is 7.78. The third-order valence-corrected chi connectivity index (χ3v) is 5.64. The number of aromatic amines is 1. The number of methoxy groups -OCH3 is 1. The van der Waals surface area contributed by atoms with Crippen LogP contribution < -0.4 is 10.1 Å². The lowest BCUT2D eigenvalue weighted by Gasteiger charge is -2.10. The molecule has 10 heteroatoms. The van der Waals surface area contributed by atoms with Crippen molar-refractivity contribution in [2.45, 2.75) is 19.9 Å². The van der Waals surface area contributed by atoms with Crippen LogP contribution in [0.1, 0.15) is 22.5 Å². The number of anilines is 1. The number of amides is 1. The summed E-state index contributed by atoms with van der Waals surface area (Å²) in [4.78, 5) is 28.9. The molecule has 1 atom stereocenters. The molecule has 2 N–H and O–H groups in total. The molecule has 1 aliphatic heterocycles. The monoisotopic (exact) mass is 433 g/mol. The standard InChI is InChI=1S/C22H23N7O3/c1-13-16(10-25-29(13)11-14-4-6-32-12-14)21(30)28-20-8-18-15(9-24-20)7-19(26-18)17-3-5-23-22(27-17)31-2/h3,5,7-10,14,26H,4,6,11-12H2,1-2H3,(H,24,28,30). The van der Waals surface area contributed by atoms with E-state index in [0.29, 0.717) is 29.0 Å². The van der Waals surface area contributed by atoms with Crippen molar-refractivity contribution in [1.29, 1.82) is 0 Å². The van der Waals surface area contributed by atoms with Crippen LogP contribution in [0.25, 0.3) is 22.3 Å². The van der Waals surface area contributed by atoms with E-state index in [0.717, 1.165) is 48.5 Å². The van der Waals surface area contributed by atoms with Crippen molar-refractivity contribution in [3.8, 4) is 17.4 Å². The molecule has 5 rings (SSSR count). The van der Waals surface area contributed by atoms with Gasteiger partial charge in [0.25, 0.3) is 5.91 Å². The molecule has 0 aliphatic carbocycles. The Morgan fingerprint density at radius 1 is 1.34 bits per heavy atom. The van der Waals surface area contributed by atoms with Crippen LogP contribution in [0.15, 0.2) is 36.8 Å². The van der Waals surface area contributed by atoms with E-state index < -0.39 is 0 Å². The highest BCUT2D eigenvalue weighted by molar-refractivity contribution is 6.05. The van der Waals surface area contributed by atoms with Gasteiger partial charge in [-0.3, -0.25) is 9.48 Å². The van der Waals surface area contributed by atoms with Crippen LogP contribution in [0.2, 0.25) is 0 Å². The molecule has 1 fully saturated rings. The van der Waals surface area contributed by atoms with Crippen molar-refractivity contribution in [1.82, 2.24) is 29.7 Å². The lowest BCUT2D eigenvalue weighted by Crippen LogP contribution is -2.16. The van der Waals surface area contributed by atoms with E-state index in [1.54, 1.807) is 30.7 Å². The lowest BCUT2D eigenvalue weighted by molar-refractivity contribution is 0.102. The maximum atomic E-state index is 12.8. The van der Waals surface area contributed by atoms with Crippen LogP contribution in [0, 0.1) is 12.8 Å². The number of fused-ring (bicyclic) bond motifs is 1. The minimum absolute atomic E-state index is 0.240. The molecule has 0 radical (unpaired) electrons. The largest absolute Gasteiger partial charge is 0.467 e. The predicted molar refractivity (Wildman–Crippen MR) is 118 cm³/mol. The smallest absolute Gasteiger partial charge is 0.316 e. The summed E-state index contributed by atoms with van der Waals surface area (Å²) in [6, 6.07) is 5.83. The maximum Gasteiger partial charge on any atom is 0.316 e. The van der Waals surface area contributed by atoms with Crippen LogP contribution in [0.3, 0.4) is 0 Å². The Labute approximate surface area is 184 Å². The number of nitrogens with zero attached hydrogens (tertiary/aromatic N) is 5. The second-order valence-electron chi connectivity index (χ2n) is 7.78. The molecule has 1 unspecified atom stereocenters. The SMILES string of the molecule is COc1nccc(-c2cc3cnc(NC(=O)c4cnn(CC5CCOC5)c4C)cc3[nH]2)n1. The van der Waals surface area contributed by atoms with E-state index in [1.807, 2.05) is 17.7 Å². The average molecular weight is 433 g/mol. The zero-order valence-corrected chi connectivity index (χ0v) is 17.8. The number of rotatable bonds is 6. The summed E-state index contributed by atoms with van der Waals surface area (Å²) in [6.45, 7) is 4.19. The number of ether oxygens (including phenoxy) is 2. The highest BCUT2D eigenvalue weighted by atomic mass is 16.5. The van der Waals surface area contributed by atoms with Crippen LogP contribution in [0.4, 0.5) is 5.82 Å². The molecule has 1 aliphatic rings. The average Bonchev–Trinajstić information content (AvgIpc) is 3.55. The molecule has 0 aromatic carbocycles. The van der Waals surface area contributed by atoms with Gasteiger partial charge in [0.05, 0.1) is 42.4 Å². The lowest BCUT2D eigenvalue weighted by atomic mass is 10.1. The van der Waals surface area contributed by atoms with Crippen LogP contribution in [-0.2, 0) is 11.3 Å². The molecule has 1 saturated heterocycles. The summed E-state index contributed by atoms with van der Waals surface area (Å²) in [5.41, 5.74) is 3.70.